The van der Waals surface area contributed by atoms with Crippen LogP contribution in [0.25, 0.3) is 76.5 Å². The first-order valence-electron chi connectivity index (χ1n) is 19.4. The van der Waals surface area contributed by atoms with Gasteiger partial charge in [0.2, 0.25) is 0 Å². The molecule has 0 amide bonds. The topological polar surface area (TPSA) is 429 Å². The summed E-state index contributed by atoms with van der Waals surface area (Å²) in [6.45, 7) is 0. The fourth-order valence-corrected chi connectivity index (χ4v) is 12.3. The van der Waals surface area contributed by atoms with Gasteiger partial charge in [0.1, 0.15) is 82.8 Å². The molecule has 0 spiro atoms. The number of rotatable bonds is 10. The van der Waals surface area contributed by atoms with Crippen molar-refractivity contribution in [2.45, 2.75) is 29.4 Å². The molecule has 368 valence electrons. The van der Waals surface area contributed by atoms with Crippen LogP contribution in [0, 0.1) is 0 Å². The van der Waals surface area contributed by atoms with Gasteiger partial charge in [0.15, 0.2) is 0 Å². The van der Waals surface area contributed by atoms with Crippen LogP contribution >= 0.6 is 0 Å². The number of fused-ring (bicyclic) bond motifs is 8. The number of nitrogens with zero attached hydrogens (tertiary/aromatic N) is 8. The molecule has 0 aliphatic heterocycles. The van der Waals surface area contributed by atoms with Gasteiger partial charge in [-0.1, -0.05) is 36.4 Å². The quantitative estimate of drug-likeness (QED) is 0.0697. The molecule has 10 rings (SSSR count). The Morgan fingerprint density at radius 3 is 0.910 bits per heavy atom. The fraction of sp³-hybridized carbons (Fsp3) is 0. The predicted octanol–water partition coefficient (Wildman–Crippen LogP) is -14.4. The van der Waals surface area contributed by atoms with Crippen LogP contribution in [-0.4, -0.2) is 108 Å². The van der Waals surface area contributed by atoms with Gasteiger partial charge in [-0.2, -0.15) is 19.8 Å². The second-order valence-electron chi connectivity index (χ2n) is 15.4. The second kappa shape index (κ2) is 24.7. The first-order chi connectivity index (χ1) is 33.4. The van der Waals surface area contributed by atoms with E-state index < -0.39 is 134 Å². The fourth-order valence-electron chi connectivity index (χ4n) is 8.10. The number of hydrogen-bond acceptors (Lipinski definition) is 24. The molecule has 78 heavy (non-hydrogen) atoms. The zero-order valence-corrected chi connectivity index (χ0v) is 57.7. The maximum Gasteiger partial charge on any atom is 1.00 e. The molecule has 2 aromatic heterocycles. The molecule has 0 unspecified atom stereocenters. The van der Waals surface area contributed by atoms with Crippen molar-refractivity contribution in [3.05, 3.63) is 109 Å². The molecule has 26 nitrogen and oxygen atoms in total. The Morgan fingerprint density at radius 1 is 0.308 bits per heavy atom. The summed E-state index contributed by atoms with van der Waals surface area (Å²) in [5, 5.41) is 21.7. The first kappa shape index (κ1) is 69.2. The molecule has 0 aliphatic carbocycles. The zero-order valence-electron chi connectivity index (χ0n) is 40.8. The van der Waals surface area contributed by atoms with Gasteiger partial charge in [-0.05, 0) is 72.8 Å². The van der Waals surface area contributed by atoms with E-state index in [1.165, 1.54) is 48.5 Å². The van der Waals surface area contributed by atoms with Crippen LogP contribution in [0.5, 0.6) is 0 Å². The average Bonchev–Trinajstić information content (AvgIpc) is 3.93. The van der Waals surface area contributed by atoms with Gasteiger partial charge in [-0.25, -0.2) is 50.5 Å². The average molecular weight is 1230 g/mol. The normalized spacial score (nSPS) is 12.4. The third-order valence-electron chi connectivity index (χ3n) is 11.0. The molecule has 8 aromatic carbocycles. The summed E-state index contributed by atoms with van der Waals surface area (Å²) in [4.78, 5) is -4.45. The Morgan fingerprint density at radius 2 is 0.603 bits per heavy atom. The minimum atomic E-state index is -5.66. The van der Waals surface area contributed by atoms with E-state index in [-0.39, 0.29) is 221 Å². The largest absolute Gasteiger partial charge is 1.00 e. The van der Waals surface area contributed by atoms with E-state index in [0.717, 1.165) is 46.0 Å². The molecule has 0 radical (unpaired) electrons. The maximum absolute atomic E-state index is 12.8. The molecule has 0 saturated carbocycles. The second-order valence-corrected chi connectivity index (χ2v) is 23.5. The smallest absolute Gasteiger partial charge is 0.744 e. The number of hydrogen-bond donors (Lipinski definition) is 0. The van der Waals surface area contributed by atoms with Crippen LogP contribution in [0.2, 0.25) is 0 Å². The van der Waals surface area contributed by atoms with E-state index in [1.54, 1.807) is 0 Å². The monoisotopic (exact) mass is 1230 g/mol. The van der Waals surface area contributed by atoms with Crippen molar-refractivity contribution in [3.8, 4) is 11.4 Å². The van der Waals surface area contributed by atoms with E-state index in [4.69, 9.17) is 0 Å². The molecule has 0 fully saturated rings. The molecule has 0 atom stereocenters. The minimum absolute atomic E-state index is 0. The molecule has 0 bridgehead atoms. The van der Waals surface area contributed by atoms with Crippen LogP contribution in [0.1, 0.15) is 0 Å². The first-order valence-corrected chi connectivity index (χ1v) is 27.9. The summed E-state index contributed by atoms with van der Waals surface area (Å²) in [7, 11) is -32.5. The number of benzene rings is 8. The Kier molecular flexibility index (Phi) is 21.9. The van der Waals surface area contributed by atoms with Crippen molar-refractivity contribution < 1.29 is 255 Å². The van der Waals surface area contributed by atoms with E-state index in [1.807, 2.05) is 0 Å². The molecule has 0 saturated heterocycles. The summed E-state index contributed by atoms with van der Waals surface area (Å²) in [5.74, 6) is 0. The Hall–Kier alpha value is -1.34. The molecule has 10 aromatic rings. The van der Waals surface area contributed by atoms with Gasteiger partial charge >= 0.3 is 177 Å². The molecule has 2 heterocycles. The Labute approximate surface area is 573 Å². The number of azo groups is 1. The van der Waals surface area contributed by atoms with Crippen molar-refractivity contribution in [2.75, 3.05) is 0 Å². The summed E-state index contributed by atoms with van der Waals surface area (Å²) in [5.41, 5.74) is -2.21. The molecule has 0 aliphatic rings. The van der Waals surface area contributed by atoms with Gasteiger partial charge in [-0.3, -0.25) is 0 Å². The van der Waals surface area contributed by atoms with Gasteiger partial charge in [0.05, 0.1) is 52.1 Å². The summed E-state index contributed by atoms with van der Waals surface area (Å²) in [6.07, 6.45) is 0. The molecular formula is C40H18N8Na6O18S6. The van der Waals surface area contributed by atoms with Crippen molar-refractivity contribution in [3.63, 3.8) is 0 Å². The van der Waals surface area contributed by atoms with Gasteiger partial charge in [0.25, 0.3) is 0 Å². The molecule has 0 N–H and O–H groups in total. The van der Waals surface area contributed by atoms with E-state index in [9.17, 15) is 77.8 Å². The van der Waals surface area contributed by atoms with Crippen LogP contribution in [0.15, 0.2) is 149 Å². The van der Waals surface area contributed by atoms with Crippen molar-refractivity contribution in [2.24, 2.45) is 10.2 Å². The van der Waals surface area contributed by atoms with Crippen LogP contribution < -0.4 is 177 Å². The van der Waals surface area contributed by atoms with Crippen LogP contribution in [0.4, 0.5) is 11.4 Å². The Balaban J connectivity index is 0.00000219. The standard InChI is InChI=1S/C40H24N8O18S6.6Na/c49-67(50,51)33-5-1-3-25-23(33)7-9-31-39(25)45-47(43-31)21-15-29-27(37(17-21)71(61,62)63)11-19(13-35(29)69(55,56)57)41-42-20-12-28-30(36(14-20)70(58,59)60)16-22(18-38(28)72(64,65)66)48-44-32-10-8-24-26(40(32)46-48)4-2-6-34(24)68(52,53)54;;;;;;/h1-18H,(H,49,50,51)(H,52,53,54)(H,55,56,57)(H,58,59,60)(H,61,62,63)(H,64,65,66);;;;;;/q;6*+1/p-6. The SMILES string of the molecule is O=S(=O)([O-])c1cc(-n2nc3ccc4c(S(=O)(=O)[O-])cccc4c3n2)cc2c(S(=O)(=O)[O-])cc(N=Nc3cc(S(=O)(=O)[O-])c4cc(-n5nc6ccc7c(S(=O)(=O)[O-])cccc7c6n5)cc(S(=O)(=O)[O-])c4c3)cc12.[Na+].[Na+].[Na+].[Na+].[Na+].[Na+]. The van der Waals surface area contributed by atoms with Crippen molar-refractivity contribution >= 4 is 137 Å². The van der Waals surface area contributed by atoms with Crippen LogP contribution in [0.3, 0.4) is 0 Å². The van der Waals surface area contributed by atoms with Crippen LogP contribution in [-0.2, 0) is 60.7 Å². The zero-order chi connectivity index (χ0) is 51.8. The van der Waals surface area contributed by atoms with Crippen molar-refractivity contribution in [1.82, 2.24) is 30.0 Å². The molecular weight excluding hydrogens is 1210 g/mol. The van der Waals surface area contributed by atoms with Gasteiger partial charge < -0.3 is 27.3 Å². The third kappa shape index (κ3) is 13.4. The maximum atomic E-state index is 12.8. The van der Waals surface area contributed by atoms with E-state index in [2.05, 4.69) is 30.6 Å². The minimum Gasteiger partial charge on any atom is -0.744 e. The Bertz CT molecular complexity index is 4590. The number of aromatic nitrogens is 6. The summed E-state index contributed by atoms with van der Waals surface area (Å²) < 4.78 is 225. The van der Waals surface area contributed by atoms with Crippen molar-refractivity contribution in [1.29, 1.82) is 0 Å². The molecule has 38 heteroatoms. The van der Waals surface area contributed by atoms with Gasteiger partial charge in [-0.15, -0.1) is 20.4 Å². The van der Waals surface area contributed by atoms with E-state index in [0.29, 0.717) is 24.3 Å². The van der Waals surface area contributed by atoms with Gasteiger partial charge in [0, 0.05) is 43.1 Å². The summed E-state index contributed by atoms with van der Waals surface area (Å²) in [6, 6.07) is 18.4. The van der Waals surface area contributed by atoms with E-state index >= 15 is 0 Å². The predicted molar refractivity (Wildman–Crippen MR) is 240 cm³/mol. The third-order valence-corrected chi connectivity index (χ3v) is 16.3. The summed E-state index contributed by atoms with van der Waals surface area (Å²) >= 11 is 0.